The number of carboxylic acids is 1. The maximum Gasteiger partial charge on any atom is 0.326 e. The van der Waals surface area contributed by atoms with Crippen molar-refractivity contribution in [2.45, 2.75) is 33.7 Å². The zero-order chi connectivity index (χ0) is 15.4. The summed E-state index contributed by atoms with van der Waals surface area (Å²) < 4.78 is 4.86. The Morgan fingerprint density at radius 2 is 1.75 bits per heavy atom. The Hall–Kier alpha value is -1.88. The van der Waals surface area contributed by atoms with Gasteiger partial charge in [-0.25, -0.2) is 4.79 Å². The van der Waals surface area contributed by atoms with Crippen LogP contribution in [0.15, 0.2) is 12.1 Å². The van der Waals surface area contributed by atoms with E-state index in [9.17, 15) is 14.7 Å². The highest BCUT2D eigenvalue weighted by Gasteiger charge is 2.29. The first-order valence-corrected chi connectivity index (χ1v) is 6.41. The van der Waals surface area contributed by atoms with E-state index in [2.05, 4.69) is 0 Å². The fourth-order valence-corrected chi connectivity index (χ4v) is 2.39. The highest BCUT2D eigenvalue weighted by molar-refractivity contribution is 6.00. The number of ether oxygens (including phenoxy) is 1. The van der Waals surface area contributed by atoms with Gasteiger partial charge >= 0.3 is 5.97 Å². The van der Waals surface area contributed by atoms with E-state index < -0.39 is 12.0 Å². The number of carboxylic acid groups (broad SMARTS) is 1. The summed E-state index contributed by atoms with van der Waals surface area (Å²) >= 11 is 0. The zero-order valence-electron chi connectivity index (χ0n) is 12.6. The molecule has 1 rings (SSSR count). The van der Waals surface area contributed by atoms with E-state index >= 15 is 0 Å². The molecule has 5 heteroatoms. The third-order valence-corrected chi connectivity index (χ3v) is 3.16. The molecule has 1 aromatic carbocycles. The maximum atomic E-state index is 12.2. The Morgan fingerprint density at radius 1 is 1.25 bits per heavy atom. The standard InChI is InChI=1S/C15H21NO4/c1-9-6-10(2)14(11(3)7-9)16(12(4)15(18)19)13(17)8-20-5/h6-7,12H,8H2,1-5H3,(H,18,19)/t12-/m0/s1. The number of hydrogen-bond acceptors (Lipinski definition) is 3. The topological polar surface area (TPSA) is 66.8 Å². The van der Waals surface area contributed by atoms with Crippen molar-refractivity contribution in [3.8, 4) is 0 Å². The molecule has 0 fully saturated rings. The first-order chi connectivity index (χ1) is 9.29. The lowest BCUT2D eigenvalue weighted by molar-refractivity contribution is -0.140. The van der Waals surface area contributed by atoms with Crippen molar-refractivity contribution in [2.75, 3.05) is 18.6 Å². The fraction of sp³-hybridized carbons (Fsp3) is 0.467. The van der Waals surface area contributed by atoms with E-state index in [0.717, 1.165) is 16.7 Å². The summed E-state index contributed by atoms with van der Waals surface area (Å²) in [5.41, 5.74) is 3.47. The van der Waals surface area contributed by atoms with E-state index in [1.54, 1.807) is 0 Å². The van der Waals surface area contributed by atoms with Crippen LogP contribution >= 0.6 is 0 Å². The number of aliphatic carboxylic acids is 1. The van der Waals surface area contributed by atoms with Crippen molar-refractivity contribution >= 4 is 17.6 Å². The summed E-state index contributed by atoms with van der Waals surface area (Å²) in [6.07, 6.45) is 0. The molecule has 0 radical (unpaired) electrons. The number of nitrogens with zero attached hydrogens (tertiary/aromatic N) is 1. The molecule has 1 atom stereocenters. The van der Waals surface area contributed by atoms with Crippen LogP contribution in [0.25, 0.3) is 0 Å². The lowest BCUT2D eigenvalue weighted by Gasteiger charge is -2.29. The summed E-state index contributed by atoms with van der Waals surface area (Å²) in [6, 6.07) is 2.92. The van der Waals surface area contributed by atoms with Crippen LogP contribution in [-0.2, 0) is 14.3 Å². The molecule has 0 bridgehead atoms. The van der Waals surface area contributed by atoms with Gasteiger partial charge in [-0.3, -0.25) is 9.69 Å². The Bertz CT molecular complexity index is 502. The number of carbonyl (C=O) groups is 2. The van der Waals surface area contributed by atoms with Crippen molar-refractivity contribution in [2.24, 2.45) is 0 Å². The number of methoxy groups -OCH3 is 1. The molecule has 0 saturated carbocycles. The van der Waals surface area contributed by atoms with Crippen molar-refractivity contribution in [3.05, 3.63) is 28.8 Å². The van der Waals surface area contributed by atoms with Gasteiger partial charge in [0.05, 0.1) is 5.69 Å². The largest absolute Gasteiger partial charge is 0.480 e. The first kappa shape index (κ1) is 16.2. The second kappa shape index (κ2) is 6.52. The van der Waals surface area contributed by atoms with Crippen LogP contribution < -0.4 is 4.90 Å². The number of carbonyl (C=O) groups excluding carboxylic acids is 1. The number of hydrogen-bond donors (Lipinski definition) is 1. The molecule has 0 aliphatic rings. The quantitative estimate of drug-likeness (QED) is 0.896. The smallest absolute Gasteiger partial charge is 0.326 e. The minimum Gasteiger partial charge on any atom is -0.480 e. The second-order valence-electron chi connectivity index (χ2n) is 4.96. The van der Waals surface area contributed by atoms with Gasteiger partial charge in [0.1, 0.15) is 12.6 Å². The van der Waals surface area contributed by atoms with Crippen LogP contribution in [0.4, 0.5) is 5.69 Å². The van der Waals surface area contributed by atoms with E-state index in [1.807, 2.05) is 32.9 Å². The number of benzene rings is 1. The summed E-state index contributed by atoms with van der Waals surface area (Å²) in [5, 5.41) is 9.23. The Kier molecular flexibility index (Phi) is 5.27. The Balaban J connectivity index is 3.38. The maximum absolute atomic E-state index is 12.2. The molecule has 1 N–H and O–H groups in total. The van der Waals surface area contributed by atoms with Crippen molar-refractivity contribution in [1.82, 2.24) is 0 Å². The van der Waals surface area contributed by atoms with Gasteiger partial charge in [0, 0.05) is 7.11 Å². The average Bonchev–Trinajstić information content (AvgIpc) is 2.32. The molecule has 0 unspecified atom stereocenters. The molecule has 1 amide bonds. The molecule has 0 aliphatic carbocycles. The molecule has 0 spiro atoms. The van der Waals surface area contributed by atoms with Crippen LogP contribution in [0.5, 0.6) is 0 Å². The summed E-state index contributed by atoms with van der Waals surface area (Å²) in [7, 11) is 1.41. The summed E-state index contributed by atoms with van der Waals surface area (Å²) in [5.74, 6) is -1.41. The van der Waals surface area contributed by atoms with Crippen molar-refractivity contribution in [3.63, 3.8) is 0 Å². The van der Waals surface area contributed by atoms with E-state index in [4.69, 9.17) is 4.74 Å². The average molecular weight is 279 g/mol. The highest BCUT2D eigenvalue weighted by atomic mass is 16.5. The van der Waals surface area contributed by atoms with Gasteiger partial charge in [0.15, 0.2) is 0 Å². The monoisotopic (exact) mass is 279 g/mol. The van der Waals surface area contributed by atoms with Gasteiger partial charge in [0.25, 0.3) is 5.91 Å². The zero-order valence-corrected chi connectivity index (χ0v) is 12.6. The normalized spacial score (nSPS) is 12.1. The van der Waals surface area contributed by atoms with Crippen LogP contribution in [-0.4, -0.2) is 36.7 Å². The molecule has 0 heterocycles. The van der Waals surface area contributed by atoms with Gasteiger partial charge in [-0.2, -0.15) is 0 Å². The molecule has 0 aromatic heterocycles. The number of amides is 1. The van der Waals surface area contributed by atoms with E-state index in [1.165, 1.54) is 18.9 Å². The lowest BCUT2D eigenvalue weighted by Crippen LogP contribution is -2.45. The molecule has 0 saturated heterocycles. The van der Waals surface area contributed by atoms with Gasteiger partial charge in [-0.15, -0.1) is 0 Å². The number of rotatable bonds is 5. The van der Waals surface area contributed by atoms with E-state index in [0.29, 0.717) is 5.69 Å². The fourth-order valence-electron chi connectivity index (χ4n) is 2.39. The van der Waals surface area contributed by atoms with Crippen LogP contribution in [0.2, 0.25) is 0 Å². The molecular formula is C15H21NO4. The number of anilines is 1. The van der Waals surface area contributed by atoms with Gasteiger partial charge < -0.3 is 9.84 Å². The van der Waals surface area contributed by atoms with Gasteiger partial charge in [-0.05, 0) is 38.8 Å². The minimum absolute atomic E-state index is 0.148. The first-order valence-electron chi connectivity index (χ1n) is 6.41. The lowest BCUT2D eigenvalue weighted by atomic mass is 10.0. The molecule has 110 valence electrons. The van der Waals surface area contributed by atoms with Gasteiger partial charge in [-0.1, -0.05) is 17.7 Å². The Morgan fingerprint density at radius 3 is 2.15 bits per heavy atom. The van der Waals surface area contributed by atoms with Crippen LogP contribution in [0.3, 0.4) is 0 Å². The SMILES string of the molecule is COCC(=O)N(c1c(C)cc(C)cc1C)[C@@H](C)C(=O)O. The predicted octanol–water partition coefficient (Wildman–Crippen LogP) is 2.06. The molecule has 5 nitrogen and oxygen atoms in total. The van der Waals surface area contributed by atoms with Crippen LogP contribution in [0, 0.1) is 20.8 Å². The minimum atomic E-state index is -1.05. The van der Waals surface area contributed by atoms with Crippen LogP contribution in [0.1, 0.15) is 23.6 Å². The summed E-state index contributed by atoms with van der Waals surface area (Å²) in [4.78, 5) is 24.8. The van der Waals surface area contributed by atoms with Crippen molar-refractivity contribution in [1.29, 1.82) is 0 Å². The molecular weight excluding hydrogens is 258 g/mol. The molecule has 20 heavy (non-hydrogen) atoms. The third kappa shape index (κ3) is 3.36. The van der Waals surface area contributed by atoms with Gasteiger partial charge in [0.2, 0.25) is 0 Å². The highest BCUT2D eigenvalue weighted by Crippen LogP contribution is 2.28. The predicted molar refractivity (Wildman–Crippen MR) is 77.1 cm³/mol. The third-order valence-electron chi connectivity index (χ3n) is 3.16. The summed E-state index contributed by atoms with van der Waals surface area (Å²) in [6.45, 7) is 7.05. The second-order valence-corrected chi connectivity index (χ2v) is 4.96. The van der Waals surface area contributed by atoms with E-state index in [-0.39, 0.29) is 12.5 Å². The number of aryl methyl sites for hydroxylation is 3. The van der Waals surface area contributed by atoms with Crippen molar-refractivity contribution < 1.29 is 19.4 Å². The Labute approximate surface area is 119 Å². The molecule has 0 aliphatic heterocycles. The molecule has 1 aromatic rings.